The standard InChI is InChI=1S/C26H22FN9O3/c1-14-5-17(12-32-11-14)36-25(38)34-24(33-21-7-18(22(10-29)31-2)20(30)8-23(21)37)35(26(36)39)13-15-3-4-19(27)16(6-15)9-28/h3-8,12,30-32,37H,11,13H2,1-2H3,(H,33,34,38)/b22-18-,30-20?. The molecule has 4 rings (SSSR count). The fourth-order valence-electron chi connectivity index (χ4n) is 3.95. The minimum Gasteiger partial charge on any atom is -0.506 e. The first-order valence-electron chi connectivity index (χ1n) is 11.5. The van der Waals surface area contributed by atoms with Crippen LogP contribution in [-0.4, -0.2) is 38.5 Å². The van der Waals surface area contributed by atoms with E-state index in [4.69, 9.17) is 5.41 Å². The van der Waals surface area contributed by atoms with Crippen LogP contribution < -0.4 is 27.3 Å². The Labute approximate surface area is 221 Å². The monoisotopic (exact) mass is 527 g/mol. The van der Waals surface area contributed by atoms with Crippen molar-refractivity contribution in [3.05, 3.63) is 109 Å². The van der Waals surface area contributed by atoms with Gasteiger partial charge in [-0.3, -0.25) is 4.57 Å². The summed E-state index contributed by atoms with van der Waals surface area (Å²) in [6, 6.07) is 7.43. The molecule has 0 spiro atoms. The zero-order valence-corrected chi connectivity index (χ0v) is 20.8. The largest absolute Gasteiger partial charge is 0.506 e. The number of benzene rings is 1. The maximum Gasteiger partial charge on any atom is 0.359 e. The third-order valence-corrected chi connectivity index (χ3v) is 5.86. The lowest BCUT2D eigenvalue weighted by Gasteiger charge is -2.20. The van der Waals surface area contributed by atoms with Crippen molar-refractivity contribution >= 4 is 17.4 Å². The highest BCUT2D eigenvalue weighted by atomic mass is 19.1. The molecular weight excluding hydrogens is 505 g/mol. The van der Waals surface area contributed by atoms with E-state index in [1.54, 1.807) is 12.1 Å². The number of anilines is 1. The number of allylic oxidation sites excluding steroid dienone is 6. The van der Waals surface area contributed by atoms with Gasteiger partial charge in [0.1, 0.15) is 29.4 Å². The van der Waals surface area contributed by atoms with Gasteiger partial charge in [0.25, 0.3) is 0 Å². The van der Waals surface area contributed by atoms with Crippen LogP contribution in [-0.2, 0) is 6.54 Å². The van der Waals surface area contributed by atoms with Crippen LogP contribution in [0.1, 0.15) is 18.1 Å². The number of aromatic nitrogens is 3. The molecular formula is C26H22FN9O3. The summed E-state index contributed by atoms with van der Waals surface area (Å²) in [5, 5.41) is 45.6. The van der Waals surface area contributed by atoms with Crippen molar-refractivity contribution in [3.63, 3.8) is 0 Å². The number of halogens is 1. The number of hydrogen-bond acceptors (Lipinski definition) is 10. The van der Waals surface area contributed by atoms with E-state index in [0.717, 1.165) is 26.8 Å². The number of rotatable bonds is 6. The van der Waals surface area contributed by atoms with E-state index < -0.39 is 23.0 Å². The number of dihydropyridines is 1. The summed E-state index contributed by atoms with van der Waals surface area (Å²) in [6.07, 6.45) is 5.57. The Kier molecular flexibility index (Phi) is 7.26. The highest BCUT2D eigenvalue weighted by Gasteiger charge is 2.22. The molecule has 196 valence electrons. The molecule has 0 bridgehead atoms. The number of nitrogens with zero attached hydrogens (tertiary/aromatic N) is 5. The number of hydrogen-bond donors (Lipinski definition) is 5. The lowest BCUT2D eigenvalue weighted by molar-refractivity contribution is 0.424. The molecule has 2 heterocycles. The maximum absolute atomic E-state index is 13.9. The number of nitrogens with one attached hydrogen (secondary N) is 4. The van der Waals surface area contributed by atoms with Crippen LogP contribution in [0.4, 0.5) is 10.3 Å². The van der Waals surface area contributed by atoms with E-state index in [9.17, 15) is 29.6 Å². The van der Waals surface area contributed by atoms with E-state index in [2.05, 4.69) is 20.9 Å². The van der Waals surface area contributed by atoms with E-state index >= 15 is 0 Å². The van der Waals surface area contributed by atoms with Crippen molar-refractivity contribution in [3.8, 4) is 12.1 Å². The zero-order chi connectivity index (χ0) is 28.3. The zero-order valence-electron chi connectivity index (χ0n) is 20.8. The van der Waals surface area contributed by atoms with Crippen molar-refractivity contribution < 1.29 is 9.50 Å². The number of aliphatic hydroxyl groups is 1. The highest BCUT2D eigenvalue weighted by molar-refractivity contribution is 6.11. The van der Waals surface area contributed by atoms with Crippen LogP contribution >= 0.6 is 0 Å². The Bertz CT molecular complexity index is 1760. The van der Waals surface area contributed by atoms with E-state index in [1.165, 1.54) is 31.5 Å². The predicted molar refractivity (Wildman–Crippen MR) is 141 cm³/mol. The Morgan fingerprint density at radius 2 is 2.05 bits per heavy atom. The summed E-state index contributed by atoms with van der Waals surface area (Å²) >= 11 is 0. The van der Waals surface area contributed by atoms with Crippen molar-refractivity contribution in [1.29, 1.82) is 15.9 Å². The average Bonchev–Trinajstić information content (AvgIpc) is 2.90. The topological polar surface area (TPSA) is 185 Å². The van der Waals surface area contributed by atoms with Crippen molar-refractivity contribution in [1.82, 2.24) is 24.8 Å². The van der Waals surface area contributed by atoms with Crippen LogP contribution in [0.2, 0.25) is 0 Å². The highest BCUT2D eigenvalue weighted by Crippen LogP contribution is 2.22. The summed E-state index contributed by atoms with van der Waals surface area (Å²) < 4.78 is 15.9. The van der Waals surface area contributed by atoms with Gasteiger partial charge in [0.15, 0.2) is 0 Å². The predicted octanol–water partition coefficient (Wildman–Crippen LogP) is 1.58. The van der Waals surface area contributed by atoms with Crippen molar-refractivity contribution in [2.45, 2.75) is 13.5 Å². The molecule has 1 aromatic carbocycles. The van der Waals surface area contributed by atoms with Crippen LogP contribution in [0, 0.1) is 33.9 Å². The van der Waals surface area contributed by atoms with Gasteiger partial charge in [0.2, 0.25) is 5.95 Å². The molecule has 1 aliphatic carbocycles. The lowest BCUT2D eigenvalue weighted by atomic mass is 10.0. The van der Waals surface area contributed by atoms with E-state index in [0.29, 0.717) is 12.1 Å². The second-order valence-corrected chi connectivity index (χ2v) is 8.57. The molecule has 0 saturated carbocycles. The van der Waals surface area contributed by atoms with Gasteiger partial charge in [-0.1, -0.05) is 11.6 Å². The van der Waals surface area contributed by atoms with Crippen molar-refractivity contribution in [2.24, 2.45) is 0 Å². The summed E-state index contributed by atoms with van der Waals surface area (Å²) in [4.78, 5) is 30.8. The summed E-state index contributed by atoms with van der Waals surface area (Å²) in [5.74, 6) is -1.39. The lowest BCUT2D eigenvalue weighted by Crippen LogP contribution is -2.43. The minimum atomic E-state index is -0.911. The normalized spacial score (nSPS) is 16.0. The quantitative estimate of drug-likeness (QED) is 0.348. The average molecular weight is 528 g/mol. The fourth-order valence-corrected chi connectivity index (χ4v) is 3.95. The van der Waals surface area contributed by atoms with Crippen LogP contribution in [0.5, 0.6) is 0 Å². The van der Waals surface area contributed by atoms with Gasteiger partial charge in [0.05, 0.1) is 29.2 Å². The van der Waals surface area contributed by atoms with Gasteiger partial charge >= 0.3 is 11.4 Å². The summed E-state index contributed by atoms with van der Waals surface area (Å²) in [5.41, 5.74) is -0.412. The molecule has 2 aromatic rings. The Morgan fingerprint density at radius 3 is 2.72 bits per heavy atom. The van der Waals surface area contributed by atoms with Crippen LogP contribution in [0.3, 0.4) is 0 Å². The molecule has 39 heavy (non-hydrogen) atoms. The number of aliphatic hydroxyl groups excluding tert-OH is 1. The Morgan fingerprint density at radius 1 is 1.28 bits per heavy atom. The van der Waals surface area contributed by atoms with Gasteiger partial charge in [-0.05, 0) is 36.8 Å². The summed E-state index contributed by atoms with van der Waals surface area (Å²) in [6.45, 7) is 2.14. The van der Waals surface area contributed by atoms with Gasteiger partial charge in [0, 0.05) is 31.4 Å². The van der Waals surface area contributed by atoms with E-state index in [-0.39, 0.29) is 46.4 Å². The van der Waals surface area contributed by atoms with Crippen molar-refractivity contribution in [2.75, 3.05) is 18.9 Å². The smallest absolute Gasteiger partial charge is 0.359 e. The molecule has 0 amide bonds. The minimum absolute atomic E-state index is 0.0343. The molecule has 2 aliphatic rings. The maximum atomic E-state index is 13.9. The molecule has 12 nitrogen and oxygen atoms in total. The molecule has 13 heteroatoms. The molecule has 0 saturated heterocycles. The molecule has 0 atom stereocenters. The fraction of sp³-hybridized carbons (Fsp3) is 0.154. The van der Waals surface area contributed by atoms with Crippen LogP contribution in [0.15, 0.2) is 80.5 Å². The second kappa shape index (κ2) is 10.7. The van der Waals surface area contributed by atoms with Gasteiger partial charge < -0.3 is 26.5 Å². The molecule has 0 fully saturated rings. The first kappa shape index (κ1) is 26.4. The molecule has 1 aromatic heterocycles. The first-order valence-corrected chi connectivity index (χ1v) is 11.5. The molecule has 0 unspecified atom stereocenters. The molecule has 5 N–H and O–H groups in total. The Balaban J connectivity index is 1.90. The Hall–Kier alpha value is -5.69. The second-order valence-electron chi connectivity index (χ2n) is 8.57. The van der Waals surface area contributed by atoms with Gasteiger partial charge in [-0.2, -0.15) is 15.5 Å². The third-order valence-electron chi connectivity index (χ3n) is 5.86. The number of nitriles is 2. The van der Waals surface area contributed by atoms with Gasteiger partial charge in [-0.25, -0.2) is 18.5 Å². The third kappa shape index (κ3) is 5.23. The molecule has 0 radical (unpaired) electrons. The first-order chi connectivity index (χ1) is 18.7. The molecule has 1 aliphatic heterocycles. The van der Waals surface area contributed by atoms with Gasteiger partial charge in [-0.15, -0.1) is 0 Å². The van der Waals surface area contributed by atoms with Crippen LogP contribution in [0.25, 0.3) is 5.70 Å². The SMILES string of the molecule is CN/C(C#N)=C1/C=C(Nc2nc(=O)n(C3=CNCC(C)=C3)c(=O)n2Cc2ccc(F)c(C#N)c2)C(O)=CC1=N. The van der Waals surface area contributed by atoms with E-state index in [1.807, 2.05) is 13.0 Å². The summed E-state index contributed by atoms with van der Waals surface area (Å²) in [7, 11) is 1.50.